The van der Waals surface area contributed by atoms with Gasteiger partial charge in [-0.3, -0.25) is 4.90 Å². The Balaban J connectivity index is 2.04. The molecule has 6 heteroatoms. The van der Waals surface area contributed by atoms with E-state index in [9.17, 15) is 9.18 Å². The van der Waals surface area contributed by atoms with Crippen LogP contribution in [0, 0.1) is 5.82 Å². The fraction of sp³-hybridized carbons (Fsp3) is 0.389. The zero-order valence-electron chi connectivity index (χ0n) is 14.0. The minimum Gasteiger partial charge on any atom is -0.463 e. The van der Waals surface area contributed by atoms with E-state index in [-0.39, 0.29) is 11.6 Å². The van der Waals surface area contributed by atoms with E-state index in [1.165, 1.54) is 19.2 Å². The van der Waals surface area contributed by atoms with E-state index in [1.807, 2.05) is 6.07 Å². The van der Waals surface area contributed by atoms with Crippen LogP contribution in [0.25, 0.3) is 0 Å². The highest BCUT2D eigenvalue weighted by atomic mass is 19.1. The van der Waals surface area contributed by atoms with Gasteiger partial charge in [0.2, 0.25) is 5.76 Å². The Morgan fingerprint density at radius 1 is 1.21 bits per heavy atom. The summed E-state index contributed by atoms with van der Waals surface area (Å²) in [6.07, 6.45) is 0.844. The molecule has 1 aromatic heterocycles. The van der Waals surface area contributed by atoms with Crippen LogP contribution in [0.2, 0.25) is 0 Å². The standard InChI is InChI=1S/C18H22FNO4/c1-22-10-4-9-20(12-14-5-3-6-15(19)11-14)13-16-7-8-17(24-16)18(21)23-2/h3,5-8,11H,4,9-10,12-13H2,1-2H3. The van der Waals surface area contributed by atoms with Crippen molar-refractivity contribution >= 4 is 5.97 Å². The van der Waals surface area contributed by atoms with Crippen LogP contribution >= 0.6 is 0 Å². The van der Waals surface area contributed by atoms with Crippen LogP contribution < -0.4 is 0 Å². The maximum absolute atomic E-state index is 13.4. The second kappa shape index (κ2) is 9.20. The van der Waals surface area contributed by atoms with Crippen LogP contribution in [0.1, 0.15) is 28.3 Å². The molecule has 0 amide bonds. The number of hydrogen-bond acceptors (Lipinski definition) is 5. The SMILES string of the molecule is COCCCN(Cc1cccc(F)c1)Cc1ccc(C(=O)OC)o1. The number of furan rings is 1. The molecule has 0 aliphatic rings. The van der Waals surface area contributed by atoms with Gasteiger partial charge >= 0.3 is 5.97 Å². The van der Waals surface area contributed by atoms with Crippen molar-refractivity contribution in [3.05, 3.63) is 59.3 Å². The van der Waals surface area contributed by atoms with E-state index in [4.69, 9.17) is 9.15 Å². The largest absolute Gasteiger partial charge is 0.463 e. The van der Waals surface area contributed by atoms with Crippen molar-refractivity contribution in [2.75, 3.05) is 27.4 Å². The molecule has 1 aromatic carbocycles. The van der Waals surface area contributed by atoms with Gasteiger partial charge in [-0.15, -0.1) is 0 Å². The quantitative estimate of drug-likeness (QED) is 0.520. The Bertz CT molecular complexity index is 656. The molecule has 24 heavy (non-hydrogen) atoms. The topological polar surface area (TPSA) is 51.9 Å². The summed E-state index contributed by atoms with van der Waals surface area (Å²) < 4.78 is 28.6. The summed E-state index contributed by atoms with van der Waals surface area (Å²) in [7, 11) is 2.97. The third-order valence-electron chi connectivity index (χ3n) is 3.55. The molecule has 0 fully saturated rings. The van der Waals surface area contributed by atoms with Gasteiger partial charge in [-0.25, -0.2) is 9.18 Å². The Hall–Kier alpha value is -2.18. The summed E-state index contributed by atoms with van der Waals surface area (Å²) in [5.74, 6) is 0.0759. The lowest BCUT2D eigenvalue weighted by Crippen LogP contribution is -2.24. The summed E-state index contributed by atoms with van der Waals surface area (Å²) in [6.45, 7) is 2.50. The van der Waals surface area contributed by atoms with Gasteiger partial charge < -0.3 is 13.9 Å². The predicted molar refractivity (Wildman–Crippen MR) is 87.1 cm³/mol. The van der Waals surface area contributed by atoms with Crippen molar-refractivity contribution in [1.29, 1.82) is 0 Å². The van der Waals surface area contributed by atoms with E-state index < -0.39 is 5.97 Å². The highest BCUT2D eigenvalue weighted by Crippen LogP contribution is 2.15. The van der Waals surface area contributed by atoms with Gasteiger partial charge in [-0.1, -0.05) is 12.1 Å². The zero-order chi connectivity index (χ0) is 17.4. The van der Waals surface area contributed by atoms with Crippen molar-refractivity contribution in [3.8, 4) is 0 Å². The number of ether oxygens (including phenoxy) is 2. The molecule has 1 heterocycles. The Kier molecular flexibility index (Phi) is 6.96. The summed E-state index contributed by atoms with van der Waals surface area (Å²) in [5, 5.41) is 0. The van der Waals surface area contributed by atoms with E-state index in [1.54, 1.807) is 25.3 Å². The van der Waals surface area contributed by atoms with E-state index in [0.717, 1.165) is 18.5 Å². The normalized spacial score (nSPS) is 11.0. The summed E-state index contributed by atoms with van der Waals surface area (Å²) in [6, 6.07) is 9.87. The zero-order valence-corrected chi connectivity index (χ0v) is 14.0. The molecule has 2 aromatic rings. The van der Waals surface area contributed by atoms with E-state index >= 15 is 0 Å². The smallest absolute Gasteiger partial charge is 0.373 e. The monoisotopic (exact) mass is 335 g/mol. The average Bonchev–Trinajstić information content (AvgIpc) is 3.03. The van der Waals surface area contributed by atoms with Crippen LogP contribution in [-0.2, 0) is 22.6 Å². The lowest BCUT2D eigenvalue weighted by atomic mass is 10.2. The Morgan fingerprint density at radius 3 is 2.75 bits per heavy atom. The van der Waals surface area contributed by atoms with E-state index in [0.29, 0.717) is 25.5 Å². The lowest BCUT2D eigenvalue weighted by Gasteiger charge is -2.21. The molecule has 130 valence electrons. The van der Waals surface area contributed by atoms with Crippen LogP contribution in [0.5, 0.6) is 0 Å². The number of esters is 1. The van der Waals surface area contributed by atoms with Gasteiger partial charge in [0.1, 0.15) is 11.6 Å². The number of rotatable bonds is 9. The molecule has 0 aliphatic heterocycles. The van der Waals surface area contributed by atoms with Gasteiger partial charge in [0.15, 0.2) is 0 Å². The lowest BCUT2D eigenvalue weighted by molar-refractivity contribution is 0.0560. The minimum absolute atomic E-state index is 0.176. The molecular formula is C18H22FNO4. The number of hydrogen-bond donors (Lipinski definition) is 0. The molecule has 0 spiro atoms. The number of carbonyl (C=O) groups is 1. The third-order valence-corrected chi connectivity index (χ3v) is 3.55. The number of halogens is 1. The predicted octanol–water partition coefficient (Wildman–Crippen LogP) is 3.24. The van der Waals surface area contributed by atoms with Gasteiger partial charge in [-0.2, -0.15) is 0 Å². The van der Waals surface area contributed by atoms with Crippen molar-refractivity contribution < 1.29 is 23.1 Å². The maximum atomic E-state index is 13.4. The number of nitrogens with zero attached hydrogens (tertiary/aromatic N) is 1. The van der Waals surface area contributed by atoms with Gasteiger partial charge in [-0.05, 0) is 36.2 Å². The highest BCUT2D eigenvalue weighted by Gasteiger charge is 2.14. The number of carbonyl (C=O) groups excluding carboxylic acids is 1. The molecule has 0 radical (unpaired) electrons. The molecule has 0 N–H and O–H groups in total. The van der Waals surface area contributed by atoms with E-state index in [2.05, 4.69) is 9.64 Å². The fourth-order valence-corrected chi connectivity index (χ4v) is 2.43. The molecule has 0 atom stereocenters. The van der Waals surface area contributed by atoms with Crippen molar-refractivity contribution in [1.82, 2.24) is 4.90 Å². The second-order valence-electron chi connectivity index (χ2n) is 5.44. The molecule has 0 aliphatic carbocycles. The fourth-order valence-electron chi connectivity index (χ4n) is 2.43. The first-order chi connectivity index (χ1) is 11.6. The molecule has 0 unspecified atom stereocenters. The highest BCUT2D eigenvalue weighted by molar-refractivity contribution is 5.86. The number of methoxy groups -OCH3 is 2. The van der Waals surface area contributed by atoms with Crippen LogP contribution in [0.4, 0.5) is 4.39 Å². The molecule has 5 nitrogen and oxygen atoms in total. The summed E-state index contributed by atoms with van der Waals surface area (Å²) in [5.41, 5.74) is 0.882. The molecule has 0 bridgehead atoms. The first-order valence-corrected chi connectivity index (χ1v) is 7.75. The molecular weight excluding hydrogens is 313 g/mol. The average molecular weight is 335 g/mol. The van der Waals surface area contributed by atoms with Gasteiger partial charge in [0.05, 0.1) is 13.7 Å². The second-order valence-corrected chi connectivity index (χ2v) is 5.44. The maximum Gasteiger partial charge on any atom is 0.373 e. The first kappa shape index (κ1) is 18.2. The van der Waals surface area contributed by atoms with Crippen LogP contribution in [-0.4, -0.2) is 38.2 Å². The Morgan fingerprint density at radius 2 is 2.04 bits per heavy atom. The van der Waals surface area contributed by atoms with Gasteiger partial charge in [0.25, 0.3) is 0 Å². The molecule has 0 saturated heterocycles. The summed E-state index contributed by atoms with van der Waals surface area (Å²) in [4.78, 5) is 13.6. The molecule has 2 rings (SSSR count). The van der Waals surface area contributed by atoms with Gasteiger partial charge in [0, 0.05) is 26.8 Å². The molecule has 0 saturated carbocycles. The summed E-state index contributed by atoms with van der Waals surface area (Å²) >= 11 is 0. The third kappa shape index (κ3) is 5.47. The van der Waals surface area contributed by atoms with Crippen molar-refractivity contribution in [2.24, 2.45) is 0 Å². The first-order valence-electron chi connectivity index (χ1n) is 7.75. The minimum atomic E-state index is -0.502. The number of benzene rings is 1. The van der Waals surface area contributed by atoms with Crippen LogP contribution in [0.3, 0.4) is 0 Å². The van der Waals surface area contributed by atoms with Crippen LogP contribution in [0.15, 0.2) is 40.8 Å². The Labute approximate surface area is 141 Å². The van der Waals surface area contributed by atoms with Crippen molar-refractivity contribution in [2.45, 2.75) is 19.5 Å². The van der Waals surface area contributed by atoms with Crippen molar-refractivity contribution in [3.63, 3.8) is 0 Å².